The maximum Gasteiger partial charge on any atom is 0.338 e. The Morgan fingerprint density at radius 2 is 1.75 bits per heavy atom. The minimum atomic E-state index is -3.95. The topological polar surface area (TPSA) is 102 Å². The summed E-state index contributed by atoms with van der Waals surface area (Å²) in [5.41, 5.74) is 1.59. The standard InChI is InChI=1S/C23H30N2O6S/c1-5-7-14-31-23(27)18-9-11-19(12-10-18)24-22(26)16-25(6-2)32(28,29)21-15-17(3)8-13-20(21)30-4/h8-13,15H,5-7,14,16H2,1-4H3,(H,24,26). The zero-order valence-electron chi connectivity index (χ0n) is 18.9. The molecule has 0 unspecified atom stereocenters. The highest BCUT2D eigenvalue weighted by atomic mass is 32.2. The quantitative estimate of drug-likeness (QED) is 0.404. The number of likely N-dealkylation sites (N-methyl/N-ethyl adjacent to an activating group) is 1. The maximum absolute atomic E-state index is 13.1. The predicted octanol–water partition coefficient (Wildman–Crippen LogP) is 3.61. The van der Waals surface area contributed by atoms with E-state index in [0.29, 0.717) is 17.9 Å². The number of amides is 1. The molecule has 0 aromatic heterocycles. The summed E-state index contributed by atoms with van der Waals surface area (Å²) in [6.45, 7) is 5.55. The highest BCUT2D eigenvalue weighted by molar-refractivity contribution is 7.89. The minimum Gasteiger partial charge on any atom is -0.495 e. The van der Waals surface area contributed by atoms with E-state index in [1.165, 1.54) is 13.2 Å². The van der Waals surface area contributed by atoms with E-state index in [2.05, 4.69) is 5.32 Å². The average Bonchev–Trinajstić information content (AvgIpc) is 2.77. The van der Waals surface area contributed by atoms with Gasteiger partial charge in [-0.15, -0.1) is 0 Å². The third-order valence-corrected chi connectivity index (χ3v) is 6.69. The highest BCUT2D eigenvalue weighted by Crippen LogP contribution is 2.27. The van der Waals surface area contributed by atoms with Gasteiger partial charge in [0.15, 0.2) is 0 Å². The second-order valence-electron chi connectivity index (χ2n) is 7.20. The first-order valence-corrected chi connectivity index (χ1v) is 11.9. The number of hydrogen-bond donors (Lipinski definition) is 1. The fourth-order valence-electron chi connectivity index (χ4n) is 2.93. The van der Waals surface area contributed by atoms with Crippen LogP contribution in [0.2, 0.25) is 0 Å². The number of aryl methyl sites for hydroxylation is 1. The van der Waals surface area contributed by atoms with Crippen LogP contribution in [-0.4, -0.2) is 51.4 Å². The van der Waals surface area contributed by atoms with E-state index >= 15 is 0 Å². The van der Waals surface area contributed by atoms with Gasteiger partial charge < -0.3 is 14.8 Å². The Labute approximate surface area is 189 Å². The van der Waals surface area contributed by atoms with Crippen LogP contribution in [0.5, 0.6) is 5.75 Å². The number of nitrogens with zero attached hydrogens (tertiary/aromatic N) is 1. The number of anilines is 1. The van der Waals surface area contributed by atoms with E-state index in [-0.39, 0.29) is 23.7 Å². The molecule has 174 valence electrons. The van der Waals surface area contributed by atoms with Gasteiger partial charge in [-0.25, -0.2) is 13.2 Å². The molecule has 9 heteroatoms. The summed E-state index contributed by atoms with van der Waals surface area (Å²) in [5.74, 6) is -0.706. The van der Waals surface area contributed by atoms with Crippen molar-refractivity contribution in [3.05, 3.63) is 53.6 Å². The second-order valence-corrected chi connectivity index (χ2v) is 9.11. The lowest BCUT2D eigenvalue weighted by Gasteiger charge is -2.21. The molecule has 0 aliphatic heterocycles. The smallest absolute Gasteiger partial charge is 0.338 e. The van der Waals surface area contributed by atoms with Gasteiger partial charge in [0.2, 0.25) is 15.9 Å². The van der Waals surface area contributed by atoms with Gasteiger partial charge in [-0.05, 0) is 55.3 Å². The maximum atomic E-state index is 13.1. The largest absolute Gasteiger partial charge is 0.495 e. The van der Waals surface area contributed by atoms with Crippen molar-refractivity contribution in [2.45, 2.75) is 38.5 Å². The molecule has 8 nitrogen and oxygen atoms in total. The number of carbonyl (C=O) groups is 2. The van der Waals surface area contributed by atoms with Crippen molar-refractivity contribution in [2.24, 2.45) is 0 Å². The van der Waals surface area contributed by atoms with Crippen LogP contribution >= 0.6 is 0 Å². The van der Waals surface area contributed by atoms with Crippen molar-refractivity contribution in [1.29, 1.82) is 0 Å². The lowest BCUT2D eigenvalue weighted by Crippen LogP contribution is -2.38. The summed E-state index contributed by atoms with van der Waals surface area (Å²) in [7, 11) is -2.55. The average molecular weight is 463 g/mol. The van der Waals surface area contributed by atoms with Gasteiger partial charge in [-0.1, -0.05) is 26.3 Å². The first kappa shape index (κ1) is 25.4. The molecule has 0 radical (unpaired) electrons. The van der Waals surface area contributed by atoms with Crippen molar-refractivity contribution in [3.63, 3.8) is 0 Å². The van der Waals surface area contributed by atoms with Crippen molar-refractivity contribution in [2.75, 3.05) is 32.1 Å². The molecule has 0 aliphatic rings. The Hall–Kier alpha value is -2.91. The summed E-state index contributed by atoms with van der Waals surface area (Å²) in [5, 5.41) is 2.66. The third kappa shape index (κ3) is 6.54. The van der Waals surface area contributed by atoms with Crippen molar-refractivity contribution in [1.82, 2.24) is 4.31 Å². The molecule has 1 amide bonds. The Bertz CT molecular complexity index is 1030. The van der Waals surface area contributed by atoms with Crippen molar-refractivity contribution < 1.29 is 27.5 Å². The van der Waals surface area contributed by atoms with Crippen LogP contribution < -0.4 is 10.1 Å². The van der Waals surface area contributed by atoms with Crippen LogP contribution in [0.1, 0.15) is 42.6 Å². The number of carbonyl (C=O) groups excluding carboxylic acids is 2. The monoisotopic (exact) mass is 462 g/mol. The number of methoxy groups -OCH3 is 1. The van der Waals surface area contributed by atoms with E-state index < -0.39 is 21.9 Å². The molecule has 32 heavy (non-hydrogen) atoms. The molecule has 0 aliphatic carbocycles. The van der Waals surface area contributed by atoms with E-state index in [9.17, 15) is 18.0 Å². The van der Waals surface area contributed by atoms with Crippen LogP contribution in [0.25, 0.3) is 0 Å². The summed E-state index contributed by atoms with van der Waals surface area (Å²) >= 11 is 0. The first-order valence-electron chi connectivity index (χ1n) is 10.4. The van der Waals surface area contributed by atoms with E-state index in [1.807, 2.05) is 6.92 Å². The fraction of sp³-hybridized carbons (Fsp3) is 0.391. The number of nitrogens with one attached hydrogen (secondary N) is 1. The summed E-state index contributed by atoms with van der Waals surface area (Å²) in [6.07, 6.45) is 1.73. The van der Waals surface area contributed by atoms with Crippen LogP contribution in [0, 0.1) is 6.92 Å². The molecule has 0 atom stereocenters. The van der Waals surface area contributed by atoms with Crippen LogP contribution in [0.3, 0.4) is 0 Å². The lowest BCUT2D eigenvalue weighted by atomic mass is 10.2. The summed E-state index contributed by atoms with van der Waals surface area (Å²) in [4.78, 5) is 24.5. The molecule has 2 aromatic rings. The summed E-state index contributed by atoms with van der Waals surface area (Å²) in [6, 6.07) is 11.1. The Morgan fingerprint density at radius 3 is 2.34 bits per heavy atom. The number of rotatable bonds is 11. The Balaban J connectivity index is 2.08. The van der Waals surface area contributed by atoms with Gasteiger partial charge in [0, 0.05) is 12.2 Å². The van der Waals surface area contributed by atoms with E-state index in [0.717, 1.165) is 22.7 Å². The van der Waals surface area contributed by atoms with Gasteiger partial charge in [0.05, 0.1) is 25.8 Å². The molecule has 2 aromatic carbocycles. The van der Waals surface area contributed by atoms with Crippen LogP contribution in [0.4, 0.5) is 5.69 Å². The Morgan fingerprint density at radius 1 is 1.06 bits per heavy atom. The summed E-state index contributed by atoms with van der Waals surface area (Å²) < 4.78 is 37.7. The normalized spacial score (nSPS) is 11.3. The van der Waals surface area contributed by atoms with Gasteiger partial charge in [0.1, 0.15) is 10.6 Å². The molecule has 2 rings (SSSR count). The van der Waals surface area contributed by atoms with Gasteiger partial charge in [-0.3, -0.25) is 4.79 Å². The molecule has 0 saturated heterocycles. The zero-order chi connectivity index (χ0) is 23.7. The number of sulfonamides is 1. The molecule has 1 N–H and O–H groups in total. The number of unbranched alkanes of at least 4 members (excludes halogenated alkanes) is 1. The highest BCUT2D eigenvalue weighted by Gasteiger charge is 2.28. The predicted molar refractivity (Wildman–Crippen MR) is 122 cm³/mol. The van der Waals surface area contributed by atoms with E-state index in [4.69, 9.17) is 9.47 Å². The van der Waals surface area contributed by atoms with Gasteiger partial charge in [-0.2, -0.15) is 4.31 Å². The van der Waals surface area contributed by atoms with Crippen molar-refractivity contribution in [3.8, 4) is 5.75 Å². The van der Waals surface area contributed by atoms with E-state index in [1.54, 1.807) is 50.2 Å². The SMILES string of the molecule is CCCCOC(=O)c1ccc(NC(=O)CN(CC)S(=O)(=O)c2cc(C)ccc2OC)cc1. The van der Waals surface area contributed by atoms with Gasteiger partial charge >= 0.3 is 5.97 Å². The first-order chi connectivity index (χ1) is 15.2. The Kier molecular flexibility index (Phi) is 9.22. The molecule has 0 bridgehead atoms. The molecular formula is C23H30N2O6S. The van der Waals surface area contributed by atoms with Gasteiger partial charge in [0.25, 0.3) is 0 Å². The second kappa shape index (κ2) is 11.6. The fourth-order valence-corrected chi connectivity index (χ4v) is 4.58. The van der Waals surface area contributed by atoms with Crippen molar-refractivity contribution >= 4 is 27.6 Å². The number of ether oxygens (including phenoxy) is 2. The molecule has 0 heterocycles. The number of esters is 1. The third-order valence-electron chi connectivity index (χ3n) is 4.75. The molecule has 0 spiro atoms. The molecule has 0 fully saturated rings. The number of hydrogen-bond acceptors (Lipinski definition) is 6. The van der Waals surface area contributed by atoms with Crippen LogP contribution in [0.15, 0.2) is 47.4 Å². The minimum absolute atomic E-state index is 0.0144. The van der Waals surface area contributed by atoms with Crippen LogP contribution in [-0.2, 0) is 19.6 Å². The lowest BCUT2D eigenvalue weighted by molar-refractivity contribution is -0.116. The zero-order valence-corrected chi connectivity index (χ0v) is 19.7. The molecular weight excluding hydrogens is 432 g/mol. The molecule has 0 saturated carbocycles. The number of benzene rings is 2.